The first-order valence-corrected chi connectivity index (χ1v) is 8.47. The SMILES string of the molecule is CNCC(CCCc1ccccc1)C(=O)c1ccc(OC(F)(F)F)cc1. The second kappa shape index (κ2) is 9.38. The Labute approximate surface area is 151 Å². The van der Waals surface area contributed by atoms with Crippen molar-refractivity contribution >= 4 is 5.78 Å². The van der Waals surface area contributed by atoms with Crippen LogP contribution in [-0.2, 0) is 6.42 Å². The van der Waals surface area contributed by atoms with Crippen LogP contribution < -0.4 is 10.1 Å². The van der Waals surface area contributed by atoms with Crippen LogP contribution in [0.2, 0.25) is 0 Å². The zero-order chi connectivity index (χ0) is 19.0. The molecule has 0 aliphatic rings. The van der Waals surface area contributed by atoms with Gasteiger partial charge in [-0.2, -0.15) is 0 Å². The zero-order valence-electron chi connectivity index (χ0n) is 14.6. The predicted octanol–water partition coefficient (Wildman–Crippen LogP) is 4.63. The summed E-state index contributed by atoms with van der Waals surface area (Å²) in [7, 11) is 1.78. The van der Waals surface area contributed by atoms with E-state index in [1.807, 2.05) is 30.3 Å². The molecule has 0 spiro atoms. The Morgan fingerprint density at radius 1 is 1.08 bits per heavy atom. The lowest BCUT2D eigenvalue weighted by molar-refractivity contribution is -0.274. The van der Waals surface area contributed by atoms with Crippen molar-refractivity contribution in [3.8, 4) is 5.75 Å². The molecule has 26 heavy (non-hydrogen) atoms. The molecule has 0 bridgehead atoms. The van der Waals surface area contributed by atoms with Gasteiger partial charge in [-0.1, -0.05) is 30.3 Å². The fraction of sp³-hybridized carbons (Fsp3) is 0.350. The van der Waals surface area contributed by atoms with E-state index < -0.39 is 6.36 Å². The summed E-state index contributed by atoms with van der Waals surface area (Å²) in [5.41, 5.74) is 1.61. The Morgan fingerprint density at radius 2 is 1.73 bits per heavy atom. The molecule has 0 fully saturated rings. The van der Waals surface area contributed by atoms with Gasteiger partial charge in [-0.15, -0.1) is 13.2 Å². The number of nitrogens with one attached hydrogen (secondary N) is 1. The molecule has 2 rings (SSSR count). The fourth-order valence-corrected chi connectivity index (χ4v) is 2.83. The molecule has 2 aromatic carbocycles. The molecule has 0 aliphatic heterocycles. The summed E-state index contributed by atoms with van der Waals surface area (Å²) in [5, 5.41) is 3.02. The summed E-state index contributed by atoms with van der Waals surface area (Å²) in [6.07, 6.45) is -2.29. The van der Waals surface area contributed by atoms with Crippen LogP contribution in [0.1, 0.15) is 28.8 Å². The second-order valence-electron chi connectivity index (χ2n) is 6.07. The molecule has 0 aliphatic carbocycles. The van der Waals surface area contributed by atoms with Crippen molar-refractivity contribution in [1.82, 2.24) is 5.32 Å². The number of ether oxygens (including phenoxy) is 1. The average Bonchev–Trinajstić information content (AvgIpc) is 2.61. The summed E-state index contributed by atoms with van der Waals surface area (Å²) < 4.78 is 40.5. The van der Waals surface area contributed by atoms with Crippen LogP contribution in [0.4, 0.5) is 13.2 Å². The Balaban J connectivity index is 1.96. The molecule has 0 radical (unpaired) electrons. The van der Waals surface area contributed by atoms with E-state index in [9.17, 15) is 18.0 Å². The molecule has 1 N–H and O–H groups in total. The van der Waals surface area contributed by atoms with Crippen LogP contribution in [0.25, 0.3) is 0 Å². The minimum atomic E-state index is -4.74. The second-order valence-corrected chi connectivity index (χ2v) is 6.07. The highest BCUT2D eigenvalue weighted by atomic mass is 19.4. The van der Waals surface area contributed by atoms with E-state index in [4.69, 9.17) is 0 Å². The van der Waals surface area contributed by atoms with Crippen LogP contribution in [0.5, 0.6) is 5.75 Å². The molecule has 140 valence electrons. The number of benzene rings is 2. The molecule has 1 unspecified atom stereocenters. The lowest BCUT2D eigenvalue weighted by Crippen LogP contribution is -2.26. The van der Waals surface area contributed by atoms with Crippen LogP contribution in [0, 0.1) is 5.92 Å². The maximum absolute atomic E-state index is 12.7. The summed E-state index contributed by atoms with van der Waals surface area (Å²) in [5.74, 6) is -0.632. The molecular formula is C20H22F3NO2. The van der Waals surface area contributed by atoms with Gasteiger partial charge in [0.05, 0.1) is 0 Å². The molecule has 0 aromatic heterocycles. The summed E-state index contributed by atoms with van der Waals surface area (Å²) >= 11 is 0. The third-order valence-corrected chi connectivity index (χ3v) is 4.05. The number of halogens is 3. The van der Waals surface area contributed by atoms with Crippen molar-refractivity contribution in [1.29, 1.82) is 0 Å². The van der Waals surface area contributed by atoms with E-state index in [1.54, 1.807) is 7.05 Å². The quantitative estimate of drug-likeness (QED) is 0.659. The molecule has 2 aromatic rings. The highest BCUT2D eigenvalue weighted by Crippen LogP contribution is 2.24. The molecule has 6 heteroatoms. The van der Waals surface area contributed by atoms with Gasteiger partial charge >= 0.3 is 6.36 Å². The monoisotopic (exact) mass is 365 g/mol. The summed E-state index contributed by atoms with van der Waals surface area (Å²) in [6, 6.07) is 15.1. The van der Waals surface area contributed by atoms with Crippen LogP contribution in [0.3, 0.4) is 0 Å². The van der Waals surface area contributed by atoms with Gasteiger partial charge in [0.15, 0.2) is 5.78 Å². The summed E-state index contributed by atoms with van der Waals surface area (Å²) in [6.45, 7) is 0.522. The van der Waals surface area contributed by atoms with E-state index in [2.05, 4.69) is 10.1 Å². The number of alkyl halides is 3. The Bertz CT molecular complexity index is 684. The Hall–Kier alpha value is -2.34. The molecular weight excluding hydrogens is 343 g/mol. The van der Waals surface area contributed by atoms with Gasteiger partial charge in [-0.25, -0.2) is 0 Å². The number of aryl methyl sites for hydroxylation is 1. The molecule has 0 saturated carbocycles. The van der Waals surface area contributed by atoms with Crippen molar-refractivity contribution < 1.29 is 22.7 Å². The van der Waals surface area contributed by atoms with Crippen molar-refractivity contribution in [2.45, 2.75) is 25.6 Å². The first-order chi connectivity index (χ1) is 12.4. The number of hydrogen-bond donors (Lipinski definition) is 1. The van der Waals surface area contributed by atoms with E-state index in [1.165, 1.54) is 29.8 Å². The maximum Gasteiger partial charge on any atom is 0.573 e. The largest absolute Gasteiger partial charge is 0.573 e. The first-order valence-electron chi connectivity index (χ1n) is 8.47. The van der Waals surface area contributed by atoms with Crippen molar-refractivity contribution in [3.63, 3.8) is 0 Å². The lowest BCUT2D eigenvalue weighted by Gasteiger charge is -2.16. The van der Waals surface area contributed by atoms with Crippen LogP contribution in [-0.4, -0.2) is 25.7 Å². The van der Waals surface area contributed by atoms with Gasteiger partial charge in [-0.3, -0.25) is 4.79 Å². The van der Waals surface area contributed by atoms with E-state index in [-0.39, 0.29) is 17.5 Å². The topological polar surface area (TPSA) is 38.3 Å². The predicted molar refractivity (Wildman–Crippen MR) is 94.3 cm³/mol. The molecule has 0 heterocycles. The molecule has 1 atom stereocenters. The number of hydrogen-bond acceptors (Lipinski definition) is 3. The van der Waals surface area contributed by atoms with Gasteiger partial charge in [0.1, 0.15) is 5.75 Å². The van der Waals surface area contributed by atoms with Gasteiger partial charge in [0, 0.05) is 18.0 Å². The number of rotatable bonds is 9. The van der Waals surface area contributed by atoms with Gasteiger partial charge in [0.2, 0.25) is 0 Å². The fourth-order valence-electron chi connectivity index (χ4n) is 2.83. The van der Waals surface area contributed by atoms with E-state index in [0.717, 1.165) is 12.8 Å². The summed E-state index contributed by atoms with van der Waals surface area (Å²) in [4.78, 5) is 12.7. The number of carbonyl (C=O) groups is 1. The smallest absolute Gasteiger partial charge is 0.406 e. The normalized spacial score (nSPS) is 12.6. The van der Waals surface area contributed by atoms with Crippen LogP contribution >= 0.6 is 0 Å². The van der Waals surface area contributed by atoms with E-state index >= 15 is 0 Å². The first kappa shape index (κ1) is 20.0. The minimum Gasteiger partial charge on any atom is -0.406 e. The maximum atomic E-state index is 12.7. The highest BCUT2D eigenvalue weighted by Gasteiger charge is 2.31. The zero-order valence-corrected chi connectivity index (χ0v) is 14.6. The molecule has 3 nitrogen and oxygen atoms in total. The number of carbonyl (C=O) groups excluding carboxylic acids is 1. The minimum absolute atomic E-state index is 0.0778. The van der Waals surface area contributed by atoms with Crippen molar-refractivity contribution in [3.05, 3.63) is 65.7 Å². The molecule has 0 amide bonds. The Morgan fingerprint density at radius 3 is 2.31 bits per heavy atom. The number of ketones is 1. The number of Topliss-reactive ketones (excluding diaryl/α,β-unsaturated/α-hetero) is 1. The van der Waals surface area contributed by atoms with Gasteiger partial charge < -0.3 is 10.1 Å². The highest BCUT2D eigenvalue weighted by molar-refractivity contribution is 5.98. The Kier molecular flexibility index (Phi) is 7.21. The van der Waals surface area contributed by atoms with Gasteiger partial charge in [0.25, 0.3) is 0 Å². The molecule has 0 saturated heterocycles. The average molecular weight is 365 g/mol. The third-order valence-electron chi connectivity index (χ3n) is 4.05. The lowest BCUT2D eigenvalue weighted by atomic mass is 9.91. The standard InChI is InChI=1S/C20H22F3NO2/c1-24-14-17(9-5-8-15-6-3-2-4-7-15)19(25)16-10-12-18(13-11-16)26-20(21,22)23/h2-4,6-7,10-13,17,24H,5,8-9,14H2,1H3. The van der Waals surface area contributed by atoms with Crippen LogP contribution in [0.15, 0.2) is 54.6 Å². The van der Waals surface area contributed by atoms with Crippen molar-refractivity contribution in [2.24, 2.45) is 5.92 Å². The van der Waals surface area contributed by atoms with E-state index in [0.29, 0.717) is 18.5 Å². The third kappa shape index (κ3) is 6.52. The van der Waals surface area contributed by atoms with Gasteiger partial charge in [-0.05, 0) is 56.1 Å². The van der Waals surface area contributed by atoms with Crippen molar-refractivity contribution in [2.75, 3.05) is 13.6 Å².